The van der Waals surface area contributed by atoms with Gasteiger partial charge in [-0.1, -0.05) is 103 Å². The molecule has 212 valence electrons. The van der Waals surface area contributed by atoms with E-state index in [-0.39, 0.29) is 5.75 Å². The fourth-order valence-electron chi connectivity index (χ4n) is 5.53. The van der Waals surface area contributed by atoms with E-state index in [0.29, 0.717) is 22.2 Å². The van der Waals surface area contributed by atoms with Gasteiger partial charge in [-0.2, -0.15) is 9.49 Å². The minimum Gasteiger partial charge on any atom is -0.494 e. The van der Waals surface area contributed by atoms with E-state index < -0.39 is 27.8 Å². The number of rotatable bonds is 8. The number of fused-ring (bicyclic) bond motifs is 1. The summed E-state index contributed by atoms with van der Waals surface area (Å²) in [7, 11) is 1.39. The molecule has 6 aromatic rings. The zero-order chi connectivity index (χ0) is 30.0. The number of benzene rings is 5. The van der Waals surface area contributed by atoms with Gasteiger partial charge in [-0.25, -0.2) is 9.07 Å². The maximum atomic E-state index is 15.4. The Labute approximate surface area is 246 Å². The molecule has 5 aromatic carbocycles. The highest BCUT2D eigenvalue weighted by Gasteiger charge is 2.41. The molecule has 0 saturated heterocycles. The standard InChI is InChI=1S/C35H25F2N3O3/c1-43-34-20-18-24(21-30(34)37)17-19-31-28-22-33(40(41)42)29(36)23-32(28)39(38-31)35(25-11-5-2-6-12-25,26-13-7-3-8-14-26)27-15-9-4-10-16-27/h2-23H,1H3/b19-17+. The van der Waals surface area contributed by atoms with Gasteiger partial charge in [0, 0.05) is 17.5 Å². The largest absolute Gasteiger partial charge is 0.494 e. The molecule has 6 nitrogen and oxygen atoms in total. The molecule has 43 heavy (non-hydrogen) atoms. The van der Waals surface area contributed by atoms with Crippen LogP contribution in [0.3, 0.4) is 0 Å². The Morgan fingerprint density at radius 3 is 1.81 bits per heavy atom. The van der Waals surface area contributed by atoms with Crippen molar-refractivity contribution in [1.29, 1.82) is 0 Å². The summed E-state index contributed by atoms with van der Waals surface area (Å²) in [4.78, 5) is 11.0. The predicted octanol–water partition coefficient (Wildman–Crippen LogP) is 8.24. The molecular weight excluding hydrogens is 548 g/mol. The molecule has 0 aliphatic rings. The van der Waals surface area contributed by atoms with Gasteiger partial charge in [0.05, 0.1) is 23.2 Å². The van der Waals surface area contributed by atoms with Crippen LogP contribution in [-0.4, -0.2) is 21.8 Å². The van der Waals surface area contributed by atoms with Crippen LogP contribution in [-0.2, 0) is 5.54 Å². The maximum absolute atomic E-state index is 15.4. The third-order valence-corrected chi connectivity index (χ3v) is 7.48. The van der Waals surface area contributed by atoms with Crippen molar-refractivity contribution in [3.05, 3.63) is 171 Å². The Hall–Kier alpha value is -5.63. The monoisotopic (exact) mass is 573 g/mol. The molecule has 0 aliphatic heterocycles. The first-order valence-corrected chi connectivity index (χ1v) is 13.5. The normalized spacial score (nSPS) is 11.7. The number of ether oxygens (including phenoxy) is 1. The summed E-state index contributed by atoms with van der Waals surface area (Å²) < 4.78 is 36.6. The molecule has 0 N–H and O–H groups in total. The second-order valence-electron chi connectivity index (χ2n) is 9.91. The highest BCUT2D eigenvalue weighted by atomic mass is 19.1. The molecule has 0 saturated carbocycles. The van der Waals surface area contributed by atoms with E-state index in [1.165, 1.54) is 25.3 Å². The Morgan fingerprint density at radius 1 is 0.767 bits per heavy atom. The second kappa shape index (κ2) is 11.3. The Balaban J connectivity index is 1.70. The average molecular weight is 574 g/mol. The number of nitrogens with zero attached hydrogens (tertiary/aromatic N) is 3. The highest BCUT2D eigenvalue weighted by molar-refractivity contribution is 5.92. The lowest BCUT2D eigenvalue weighted by Gasteiger charge is -2.37. The Morgan fingerprint density at radius 2 is 1.33 bits per heavy atom. The van der Waals surface area contributed by atoms with Gasteiger partial charge in [0.2, 0.25) is 5.82 Å². The van der Waals surface area contributed by atoms with Crippen LogP contribution < -0.4 is 4.74 Å². The topological polar surface area (TPSA) is 70.2 Å². The van der Waals surface area contributed by atoms with E-state index in [9.17, 15) is 14.5 Å². The van der Waals surface area contributed by atoms with Crippen molar-refractivity contribution < 1.29 is 18.4 Å². The van der Waals surface area contributed by atoms with Gasteiger partial charge >= 0.3 is 5.69 Å². The molecular formula is C35H25F2N3O3. The quantitative estimate of drug-likeness (QED) is 0.104. The van der Waals surface area contributed by atoms with E-state index in [1.807, 2.05) is 91.0 Å². The molecule has 8 heteroatoms. The first kappa shape index (κ1) is 27.5. The molecule has 1 heterocycles. The molecule has 0 bridgehead atoms. The molecule has 0 fully saturated rings. The predicted molar refractivity (Wildman–Crippen MR) is 163 cm³/mol. The summed E-state index contributed by atoms with van der Waals surface area (Å²) in [5, 5.41) is 17.2. The van der Waals surface area contributed by atoms with Gasteiger partial charge in [-0.15, -0.1) is 0 Å². The van der Waals surface area contributed by atoms with Crippen LogP contribution in [0, 0.1) is 21.7 Å². The second-order valence-corrected chi connectivity index (χ2v) is 9.91. The molecule has 0 radical (unpaired) electrons. The van der Waals surface area contributed by atoms with E-state index in [4.69, 9.17) is 9.84 Å². The fraction of sp³-hybridized carbons (Fsp3) is 0.0571. The smallest absolute Gasteiger partial charge is 0.305 e. The number of nitro benzene ring substituents is 1. The molecule has 6 rings (SSSR count). The van der Waals surface area contributed by atoms with Gasteiger partial charge in [0.15, 0.2) is 11.6 Å². The van der Waals surface area contributed by atoms with Crippen molar-refractivity contribution >= 4 is 28.7 Å². The van der Waals surface area contributed by atoms with Gasteiger partial charge in [0.1, 0.15) is 5.54 Å². The number of methoxy groups -OCH3 is 1. The highest BCUT2D eigenvalue weighted by Crippen LogP contribution is 2.43. The zero-order valence-electron chi connectivity index (χ0n) is 23.0. The summed E-state index contributed by atoms with van der Waals surface area (Å²) in [6, 6.07) is 36.0. The van der Waals surface area contributed by atoms with Crippen LogP contribution in [0.5, 0.6) is 5.75 Å². The molecule has 0 atom stereocenters. The molecule has 1 aromatic heterocycles. The van der Waals surface area contributed by atoms with Gasteiger partial charge in [-0.3, -0.25) is 10.1 Å². The van der Waals surface area contributed by atoms with Crippen molar-refractivity contribution in [2.75, 3.05) is 7.11 Å². The molecule has 0 spiro atoms. The third-order valence-electron chi connectivity index (χ3n) is 7.48. The summed E-state index contributed by atoms with van der Waals surface area (Å²) in [6.45, 7) is 0. The van der Waals surface area contributed by atoms with E-state index in [1.54, 1.807) is 22.9 Å². The van der Waals surface area contributed by atoms with Crippen molar-refractivity contribution in [2.24, 2.45) is 0 Å². The summed E-state index contributed by atoms with van der Waals surface area (Å²) >= 11 is 0. The number of halogens is 2. The number of aromatic nitrogens is 2. The molecule has 0 aliphatic carbocycles. The Bertz CT molecular complexity index is 1860. The SMILES string of the molecule is COc1ccc(/C=C/c2nn(C(c3ccccc3)(c3ccccc3)c3ccccc3)c3cc(F)c([N+](=O)[O-])cc23)cc1F. The van der Waals surface area contributed by atoms with Crippen molar-refractivity contribution in [3.8, 4) is 5.75 Å². The Kier molecular flexibility index (Phi) is 7.26. The zero-order valence-corrected chi connectivity index (χ0v) is 23.0. The maximum Gasteiger partial charge on any atom is 0.305 e. The van der Waals surface area contributed by atoms with Crippen LogP contribution in [0.25, 0.3) is 23.1 Å². The molecule has 0 unspecified atom stereocenters. The average Bonchev–Trinajstić information content (AvgIpc) is 3.39. The first-order valence-electron chi connectivity index (χ1n) is 13.5. The minimum absolute atomic E-state index is 0.108. The van der Waals surface area contributed by atoms with Crippen LogP contribution in [0.15, 0.2) is 121 Å². The lowest BCUT2D eigenvalue weighted by atomic mass is 9.77. The number of hydrogen-bond acceptors (Lipinski definition) is 4. The van der Waals surface area contributed by atoms with Crippen molar-refractivity contribution in [1.82, 2.24) is 9.78 Å². The van der Waals surface area contributed by atoms with Crippen molar-refractivity contribution in [3.63, 3.8) is 0 Å². The minimum atomic E-state index is -1.09. The van der Waals surface area contributed by atoms with E-state index in [0.717, 1.165) is 22.8 Å². The summed E-state index contributed by atoms with van der Waals surface area (Å²) in [6.07, 6.45) is 3.30. The van der Waals surface area contributed by atoms with E-state index >= 15 is 4.39 Å². The first-order chi connectivity index (χ1) is 20.9. The van der Waals surface area contributed by atoms with Crippen LogP contribution >= 0.6 is 0 Å². The van der Waals surface area contributed by atoms with Crippen LogP contribution in [0.1, 0.15) is 27.9 Å². The van der Waals surface area contributed by atoms with Gasteiger partial charge < -0.3 is 4.74 Å². The van der Waals surface area contributed by atoms with Gasteiger partial charge in [-0.05, 0) is 40.5 Å². The van der Waals surface area contributed by atoms with Crippen LogP contribution in [0.4, 0.5) is 14.5 Å². The van der Waals surface area contributed by atoms with E-state index in [2.05, 4.69) is 0 Å². The van der Waals surface area contributed by atoms with Crippen molar-refractivity contribution in [2.45, 2.75) is 5.54 Å². The summed E-state index contributed by atoms with van der Waals surface area (Å²) in [5.74, 6) is -1.40. The van der Waals surface area contributed by atoms with Crippen LogP contribution in [0.2, 0.25) is 0 Å². The van der Waals surface area contributed by atoms with Gasteiger partial charge in [0.25, 0.3) is 0 Å². The lowest BCUT2D eigenvalue weighted by Crippen LogP contribution is -2.38. The lowest BCUT2D eigenvalue weighted by molar-refractivity contribution is -0.387. The summed E-state index contributed by atoms with van der Waals surface area (Å²) in [5.41, 5.74) is 2.01. The molecule has 0 amide bonds. The number of hydrogen-bond donors (Lipinski definition) is 0. The third kappa shape index (κ3) is 4.82. The fourth-order valence-corrected chi connectivity index (χ4v) is 5.53. The number of nitro groups is 1.